The van der Waals surface area contributed by atoms with E-state index >= 15 is 0 Å². The first-order chi connectivity index (χ1) is 14.9. The highest BCUT2D eigenvalue weighted by Gasteiger charge is 2.33. The third-order valence-electron chi connectivity index (χ3n) is 4.71. The largest absolute Gasteiger partial charge is 0.322 e. The molecule has 0 aliphatic carbocycles. The van der Waals surface area contributed by atoms with E-state index < -0.39 is 29.6 Å². The molecule has 11 heteroatoms. The molecule has 3 amide bonds. The summed E-state index contributed by atoms with van der Waals surface area (Å²) in [6, 6.07) is 8.65. The molecule has 2 N–H and O–H groups in total. The van der Waals surface area contributed by atoms with Gasteiger partial charge in [-0.1, -0.05) is 22.9 Å². The highest BCUT2D eigenvalue weighted by atomic mass is 35.5. The van der Waals surface area contributed by atoms with Crippen LogP contribution >= 0.6 is 22.9 Å². The molecule has 1 aliphatic rings. The van der Waals surface area contributed by atoms with E-state index in [0.29, 0.717) is 34.7 Å². The standard InChI is InChI=1S/C20H16ClF2N5O2S/c21-11-3-6-13(7-4-11)24-17(29)19-27-26-18(31-19)16-2-1-9-28(16)20(30)25-15-8-5-12(22)10-14(15)23/h3-8,10,16H,1-2,9H2,(H,24,29)(H,25,30)/t16-/m0/s1. The van der Waals surface area contributed by atoms with Gasteiger partial charge in [0.1, 0.15) is 16.6 Å². The number of hydrogen-bond donors (Lipinski definition) is 2. The van der Waals surface area contributed by atoms with Crippen molar-refractivity contribution in [3.8, 4) is 0 Å². The van der Waals surface area contributed by atoms with Gasteiger partial charge in [0.15, 0.2) is 0 Å². The molecular formula is C20H16ClF2N5O2S. The summed E-state index contributed by atoms with van der Waals surface area (Å²) in [7, 11) is 0. The number of benzene rings is 2. The Bertz CT molecular complexity index is 1130. The second kappa shape index (κ2) is 8.94. The predicted molar refractivity (Wildman–Crippen MR) is 113 cm³/mol. The van der Waals surface area contributed by atoms with Crippen LogP contribution in [0.4, 0.5) is 25.0 Å². The average Bonchev–Trinajstić information content (AvgIpc) is 3.41. The first-order valence-corrected chi connectivity index (χ1v) is 10.5. The number of anilines is 2. The molecular weight excluding hydrogens is 448 g/mol. The number of carbonyl (C=O) groups excluding carboxylic acids is 2. The van der Waals surface area contributed by atoms with Gasteiger partial charge in [-0.05, 0) is 49.2 Å². The monoisotopic (exact) mass is 463 g/mol. The zero-order chi connectivity index (χ0) is 22.0. The number of rotatable bonds is 4. The van der Waals surface area contributed by atoms with Crippen molar-refractivity contribution < 1.29 is 18.4 Å². The van der Waals surface area contributed by atoms with Gasteiger partial charge in [0.25, 0.3) is 5.91 Å². The summed E-state index contributed by atoms with van der Waals surface area (Å²) in [5.74, 6) is -2.01. The van der Waals surface area contributed by atoms with Crippen molar-refractivity contribution in [3.05, 3.63) is 69.1 Å². The highest BCUT2D eigenvalue weighted by Crippen LogP contribution is 2.34. The average molecular weight is 464 g/mol. The molecule has 4 rings (SSSR count). The quantitative estimate of drug-likeness (QED) is 0.564. The van der Waals surface area contributed by atoms with Gasteiger partial charge in [-0.15, -0.1) is 10.2 Å². The Morgan fingerprint density at radius 2 is 1.87 bits per heavy atom. The van der Waals surface area contributed by atoms with Crippen LogP contribution in [0.3, 0.4) is 0 Å². The number of halogens is 3. The van der Waals surface area contributed by atoms with Gasteiger partial charge in [-0.3, -0.25) is 4.79 Å². The van der Waals surface area contributed by atoms with Gasteiger partial charge in [0.2, 0.25) is 5.01 Å². The van der Waals surface area contributed by atoms with E-state index in [2.05, 4.69) is 20.8 Å². The Hall–Kier alpha value is -3.11. The molecule has 0 spiro atoms. The molecule has 1 atom stereocenters. The molecule has 1 saturated heterocycles. The lowest BCUT2D eigenvalue weighted by Gasteiger charge is -2.23. The number of nitrogens with one attached hydrogen (secondary N) is 2. The number of amides is 3. The fourth-order valence-electron chi connectivity index (χ4n) is 3.22. The lowest BCUT2D eigenvalue weighted by molar-refractivity contribution is 0.102. The van der Waals surface area contributed by atoms with E-state index in [9.17, 15) is 18.4 Å². The van der Waals surface area contributed by atoms with E-state index in [1.165, 1.54) is 4.90 Å². The molecule has 1 aromatic heterocycles. The van der Waals surface area contributed by atoms with Gasteiger partial charge in [0.05, 0.1) is 11.7 Å². The van der Waals surface area contributed by atoms with E-state index in [-0.39, 0.29) is 10.7 Å². The first kappa shape index (κ1) is 21.1. The highest BCUT2D eigenvalue weighted by molar-refractivity contribution is 7.13. The molecule has 2 aromatic carbocycles. The zero-order valence-electron chi connectivity index (χ0n) is 15.9. The van der Waals surface area contributed by atoms with E-state index in [1.807, 2.05) is 0 Å². The van der Waals surface area contributed by atoms with Gasteiger partial charge in [-0.2, -0.15) is 0 Å². The predicted octanol–water partition coefficient (Wildman–Crippen LogP) is 5.09. The van der Waals surface area contributed by atoms with Crippen LogP contribution in [0.5, 0.6) is 0 Å². The van der Waals surface area contributed by atoms with Crippen molar-refractivity contribution in [3.63, 3.8) is 0 Å². The summed E-state index contributed by atoms with van der Waals surface area (Å²) in [4.78, 5) is 26.6. The molecule has 0 saturated carbocycles. The van der Waals surface area contributed by atoms with Crippen LogP contribution in [0.25, 0.3) is 0 Å². The lowest BCUT2D eigenvalue weighted by Crippen LogP contribution is -2.34. The van der Waals surface area contributed by atoms with Gasteiger partial charge < -0.3 is 15.5 Å². The Morgan fingerprint density at radius 3 is 2.61 bits per heavy atom. The Labute approximate surface area is 185 Å². The maximum atomic E-state index is 13.9. The Morgan fingerprint density at radius 1 is 1.10 bits per heavy atom. The van der Waals surface area contributed by atoms with Crippen molar-refractivity contribution in [1.29, 1.82) is 0 Å². The number of aromatic nitrogens is 2. The third-order valence-corrected chi connectivity index (χ3v) is 5.98. The summed E-state index contributed by atoms with van der Waals surface area (Å²) in [5, 5.41) is 14.4. The van der Waals surface area contributed by atoms with E-state index in [4.69, 9.17) is 11.6 Å². The number of likely N-dealkylation sites (tertiary alicyclic amines) is 1. The summed E-state index contributed by atoms with van der Waals surface area (Å²) >= 11 is 6.93. The normalized spacial score (nSPS) is 15.7. The molecule has 2 heterocycles. The summed E-state index contributed by atoms with van der Waals surface area (Å²) in [6.45, 7) is 0.436. The van der Waals surface area contributed by atoms with Crippen LogP contribution in [-0.4, -0.2) is 33.6 Å². The van der Waals surface area contributed by atoms with E-state index in [0.717, 1.165) is 29.9 Å². The second-order valence-corrected chi connectivity index (χ2v) is 8.26. The minimum absolute atomic E-state index is 0.114. The Balaban J connectivity index is 1.45. The van der Waals surface area contributed by atoms with Crippen LogP contribution in [-0.2, 0) is 0 Å². The molecule has 31 heavy (non-hydrogen) atoms. The summed E-state index contributed by atoms with van der Waals surface area (Å²) < 4.78 is 26.9. The molecule has 1 aliphatic heterocycles. The van der Waals surface area contributed by atoms with Gasteiger partial charge >= 0.3 is 6.03 Å². The summed E-state index contributed by atoms with van der Waals surface area (Å²) in [6.07, 6.45) is 1.35. The van der Waals surface area contributed by atoms with Crippen LogP contribution in [0, 0.1) is 11.6 Å². The smallest absolute Gasteiger partial charge is 0.320 e. The molecule has 0 unspecified atom stereocenters. The van der Waals surface area contributed by atoms with Crippen molar-refractivity contribution in [2.45, 2.75) is 18.9 Å². The SMILES string of the molecule is O=C(Nc1ccc(Cl)cc1)c1nnc([C@@H]2CCCN2C(=O)Nc2ccc(F)cc2F)s1. The number of nitrogens with zero attached hydrogens (tertiary/aromatic N) is 3. The fraction of sp³-hybridized carbons (Fsp3) is 0.200. The molecule has 3 aromatic rings. The van der Waals surface area contributed by atoms with Crippen LogP contribution < -0.4 is 10.6 Å². The second-order valence-electron chi connectivity index (χ2n) is 6.81. The Kier molecular flexibility index (Phi) is 6.10. The third kappa shape index (κ3) is 4.80. The van der Waals surface area contributed by atoms with Crippen LogP contribution in [0.2, 0.25) is 5.02 Å². The molecule has 0 bridgehead atoms. The van der Waals surface area contributed by atoms with Crippen molar-refractivity contribution in [2.24, 2.45) is 0 Å². The molecule has 0 radical (unpaired) electrons. The number of carbonyl (C=O) groups is 2. The number of hydrogen-bond acceptors (Lipinski definition) is 5. The minimum Gasteiger partial charge on any atom is -0.320 e. The first-order valence-electron chi connectivity index (χ1n) is 9.34. The van der Waals surface area contributed by atoms with Crippen molar-refractivity contribution in [2.75, 3.05) is 17.2 Å². The van der Waals surface area contributed by atoms with Gasteiger partial charge in [0, 0.05) is 23.3 Å². The zero-order valence-corrected chi connectivity index (χ0v) is 17.5. The molecule has 160 valence electrons. The fourth-order valence-corrected chi connectivity index (χ4v) is 4.24. The minimum atomic E-state index is -0.860. The molecule has 1 fully saturated rings. The van der Waals surface area contributed by atoms with Crippen molar-refractivity contribution in [1.82, 2.24) is 15.1 Å². The molecule has 7 nitrogen and oxygen atoms in total. The van der Waals surface area contributed by atoms with Crippen LogP contribution in [0.1, 0.15) is 33.7 Å². The van der Waals surface area contributed by atoms with Crippen molar-refractivity contribution >= 4 is 46.3 Å². The maximum Gasteiger partial charge on any atom is 0.322 e. The maximum absolute atomic E-state index is 13.9. The summed E-state index contributed by atoms with van der Waals surface area (Å²) in [5.41, 5.74) is 0.451. The number of urea groups is 1. The van der Waals surface area contributed by atoms with Crippen LogP contribution in [0.15, 0.2) is 42.5 Å². The topological polar surface area (TPSA) is 87.2 Å². The van der Waals surface area contributed by atoms with Gasteiger partial charge in [-0.25, -0.2) is 13.6 Å². The lowest BCUT2D eigenvalue weighted by atomic mass is 10.2. The van der Waals surface area contributed by atoms with E-state index in [1.54, 1.807) is 24.3 Å².